The number of halogens is 1. The molecule has 30 heavy (non-hydrogen) atoms. The Kier molecular flexibility index (Phi) is 11.2. The topological polar surface area (TPSA) is 74.8 Å². The van der Waals surface area contributed by atoms with Crippen molar-refractivity contribution < 1.29 is 9.53 Å². The lowest BCUT2D eigenvalue weighted by Crippen LogP contribution is -2.36. The summed E-state index contributed by atoms with van der Waals surface area (Å²) in [5, 5.41) is 9.45. The van der Waals surface area contributed by atoms with Gasteiger partial charge in [-0.15, -0.1) is 24.0 Å². The number of nitrogens with one attached hydrogen (secondary N) is 3. The molecule has 0 aliphatic carbocycles. The highest BCUT2D eigenvalue weighted by molar-refractivity contribution is 14.0. The van der Waals surface area contributed by atoms with Crippen molar-refractivity contribution in [1.29, 1.82) is 0 Å². The maximum absolute atomic E-state index is 11.2. The van der Waals surface area contributed by atoms with E-state index in [9.17, 15) is 4.79 Å². The number of guanidine groups is 1. The fourth-order valence-electron chi connectivity index (χ4n) is 2.77. The molecule has 0 aromatic heterocycles. The van der Waals surface area contributed by atoms with E-state index in [1.54, 1.807) is 7.05 Å². The predicted molar refractivity (Wildman–Crippen MR) is 135 cm³/mol. The van der Waals surface area contributed by atoms with E-state index in [1.165, 1.54) is 12.5 Å². The van der Waals surface area contributed by atoms with E-state index < -0.39 is 0 Å². The number of benzene rings is 2. The average Bonchev–Trinajstić information content (AvgIpc) is 2.69. The monoisotopic (exact) mass is 524 g/mol. The maximum atomic E-state index is 11.2. The van der Waals surface area contributed by atoms with Crippen LogP contribution in [0.2, 0.25) is 0 Å². The third-order valence-electron chi connectivity index (χ3n) is 4.50. The molecule has 164 valence electrons. The largest absolute Gasteiger partial charge is 0.490 e. The second-order valence-electron chi connectivity index (χ2n) is 7.11. The lowest BCUT2D eigenvalue weighted by Gasteiger charge is -2.18. The van der Waals surface area contributed by atoms with E-state index in [0.29, 0.717) is 19.0 Å². The Morgan fingerprint density at radius 1 is 1.13 bits per heavy atom. The third-order valence-corrected chi connectivity index (χ3v) is 4.50. The number of amides is 1. The number of rotatable bonds is 8. The van der Waals surface area contributed by atoms with Crippen LogP contribution in [0.4, 0.5) is 5.69 Å². The normalized spacial score (nSPS) is 11.8. The first-order valence-corrected chi connectivity index (χ1v) is 9.98. The van der Waals surface area contributed by atoms with Crippen molar-refractivity contribution in [3.05, 3.63) is 59.2 Å². The lowest BCUT2D eigenvalue weighted by molar-refractivity contribution is -0.114. The van der Waals surface area contributed by atoms with Crippen molar-refractivity contribution in [3.63, 3.8) is 0 Å². The van der Waals surface area contributed by atoms with Gasteiger partial charge in [-0.05, 0) is 49.6 Å². The van der Waals surface area contributed by atoms with Gasteiger partial charge in [0.1, 0.15) is 5.75 Å². The van der Waals surface area contributed by atoms with Crippen LogP contribution >= 0.6 is 24.0 Å². The molecule has 1 unspecified atom stereocenters. The van der Waals surface area contributed by atoms with E-state index in [4.69, 9.17) is 4.74 Å². The van der Waals surface area contributed by atoms with Crippen LogP contribution < -0.4 is 20.7 Å². The Morgan fingerprint density at radius 2 is 1.87 bits per heavy atom. The number of hydrogen-bond donors (Lipinski definition) is 3. The molecule has 1 atom stereocenters. The summed E-state index contributed by atoms with van der Waals surface area (Å²) in [5.41, 5.74) is 4.10. The third kappa shape index (κ3) is 8.61. The van der Waals surface area contributed by atoms with E-state index in [1.807, 2.05) is 24.3 Å². The smallest absolute Gasteiger partial charge is 0.221 e. The summed E-state index contributed by atoms with van der Waals surface area (Å²) in [7, 11) is 1.74. The van der Waals surface area contributed by atoms with Crippen LogP contribution in [0.5, 0.6) is 5.75 Å². The molecular formula is C23H33IN4O2. The van der Waals surface area contributed by atoms with Gasteiger partial charge in [0, 0.05) is 38.3 Å². The molecule has 7 heteroatoms. The summed E-state index contributed by atoms with van der Waals surface area (Å²) >= 11 is 0. The minimum atomic E-state index is -0.0823. The molecule has 0 aliphatic rings. The van der Waals surface area contributed by atoms with Crippen molar-refractivity contribution in [2.24, 2.45) is 4.99 Å². The Hall–Kier alpha value is -2.29. The lowest BCUT2D eigenvalue weighted by atomic mass is 10.1. The zero-order valence-electron chi connectivity index (χ0n) is 18.4. The van der Waals surface area contributed by atoms with Crippen LogP contribution in [0.15, 0.2) is 47.5 Å². The minimum Gasteiger partial charge on any atom is -0.490 e. The van der Waals surface area contributed by atoms with Gasteiger partial charge in [-0.2, -0.15) is 0 Å². The fraction of sp³-hybridized carbons (Fsp3) is 0.391. The summed E-state index contributed by atoms with van der Waals surface area (Å²) in [4.78, 5) is 15.5. The van der Waals surface area contributed by atoms with Gasteiger partial charge in [-0.1, -0.05) is 31.2 Å². The van der Waals surface area contributed by atoms with Crippen LogP contribution in [0.25, 0.3) is 0 Å². The first kappa shape index (κ1) is 25.7. The van der Waals surface area contributed by atoms with E-state index in [-0.39, 0.29) is 36.0 Å². The van der Waals surface area contributed by atoms with Crippen molar-refractivity contribution >= 4 is 41.5 Å². The van der Waals surface area contributed by atoms with Crippen molar-refractivity contribution in [2.75, 3.05) is 12.4 Å². The standard InChI is InChI=1S/C23H32N4O2.HI/c1-6-17(3)29-22-12-16(2)10-11-20(22)15-26-23(24-5)25-14-19-8-7-9-21(13-19)27-18(4)28;/h7-13,17H,6,14-15H2,1-5H3,(H,27,28)(H2,24,25,26);1H. The molecule has 0 saturated heterocycles. The van der Waals surface area contributed by atoms with Gasteiger partial charge in [-0.3, -0.25) is 9.79 Å². The Labute approximate surface area is 196 Å². The van der Waals surface area contributed by atoms with Crippen molar-refractivity contribution in [1.82, 2.24) is 10.6 Å². The van der Waals surface area contributed by atoms with Crippen molar-refractivity contribution in [2.45, 2.75) is 53.3 Å². The molecule has 3 N–H and O–H groups in total. The maximum Gasteiger partial charge on any atom is 0.221 e. The molecule has 0 saturated carbocycles. The number of nitrogens with zero attached hydrogens (tertiary/aromatic N) is 1. The number of ether oxygens (including phenoxy) is 1. The summed E-state index contributed by atoms with van der Waals surface area (Å²) in [6.45, 7) is 8.96. The molecule has 0 heterocycles. The second-order valence-corrected chi connectivity index (χ2v) is 7.11. The average molecular weight is 524 g/mol. The predicted octanol–water partition coefficient (Wildman–Crippen LogP) is 4.61. The SMILES string of the molecule is CCC(C)Oc1cc(C)ccc1CNC(=NC)NCc1cccc(NC(C)=O)c1.I. The Bertz CT molecular complexity index is 855. The van der Waals surface area contributed by atoms with Gasteiger partial charge in [0.05, 0.1) is 6.10 Å². The van der Waals surface area contributed by atoms with Crippen LogP contribution in [0.1, 0.15) is 43.9 Å². The molecule has 2 rings (SSSR count). The van der Waals surface area contributed by atoms with Gasteiger partial charge in [-0.25, -0.2) is 0 Å². The van der Waals surface area contributed by atoms with Gasteiger partial charge in [0.25, 0.3) is 0 Å². The summed E-state index contributed by atoms with van der Waals surface area (Å²) in [6.07, 6.45) is 1.13. The molecule has 2 aromatic rings. The molecule has 0 fully saturated rings. The van der Waals surface area contributed by atoms with Crippen LogP contribution in [-0.4, -0.2) is 25.0 Å². The first-order valence-electron chi connectivity index (χ1n) is 9.98. The number of aryl methyl sites for hydroxylation is 1. The summed E-state index contributed by atoms with van der Waals surface area (Å²) in [6, 6.07) is 14.0. The second kappa shape index (κ2) is 13.1. The van der Waals surface area contributed by atoms with Crippen LogP contribution in [0, 0.1) is 6.92 Å². The molecule has 0 radical (unpaired) electrons. The minimum absolute atomic E-state index is 0. The van der Waals surface area contributed by atoms with Gasteiger partial charge in [0.15, 0.2) is 5.96 Å². The molecule has 1 amide bonds. The summed E-state index contributed by atoms with van der Waals surface area (Å²) < 4.78 is 6.08. The Morgan fingerprint density at radius 3 is 2.53 bits per heavy atom. The fourth-order valence-corrected chi connectivity index (χ4v) is 2.77. The van der Waals surface area contributed by atoms with Crippen molar-refractivity contribution in [3.8, 4) is 5.75 Å². The molecule has 2 aromatic carbocycles. The number of aliphatic imine (C=N–C) groups is 1. The molecular weight excluding hydrogens is 491 g/mol. The zero-order chi connectivity index (χ0) is 21.2. The number of anilines is 1. The zero-order valence-corrected chi connectivity index (χ0v) is 20.7. The highest BCUT2D eigenvalue weighted by Crippen LogP contribution is 2.22. The van der Waals surface area contributed by atoms with Crippen LogP contribution in [0.3, 0.4) is 0 Å². The highest BCUT2D eigenvalue weighted by Gasteiger charge is 2.09. The summed E-state index contributed by atoms with van der Waals surface area (Å²) in [5.74, 6) is 1.52. The van der Waals surface area contributed by atoms with E-state index >= 15 is 0 Å². The quantitative estimate of drug-likeness (QED) is 0.268. The van der Waals surface area contributed by atoms with Gasteiger partial charge >= 0.3 is 0 Å². The van der Waals surface area contributed by atoms with Gasteiger partial charge < -0.3 is 20.7 Å². The first-order chi connectivity index (χ1) is 13.9. The number of carbonyl (C=O) groups is 1. The van der Waals surface area contributed by atoms with E-state index in [2.05, 4.69) is 59.9 Å². The molecule has 6 nitrogen and oxygen atoms in total. The Balaban J connectivity index is 0.00000450. The van der Waals surface area contributed by atoms with Gasteiger partial charge in [0.2, 0.25) is 5.91 Å². The number of hydrogen-bond acceptors (Lipinski definition) is 3. The molecule has 0 spiro atoms. The highest BCUT2D eigenvalue weighted by atomic mass is 127. The van der Waals surface area contributed by atoms with E-state index in [0.717, 1.165) is 29.0 Å². The molecule has 0 bridgehead atoms. The molecule has 0 aliphatic heterocycles. The number of carbonyl (C=O) groups excluding carboxylic acids is 1. The van der Waals surface area contributed by atoms with Crippen LogP contribution in [-0.2, 0) is 17.9 Å².